The van der Waals surface area contributed by atoms with Crippen molar-refractivity contribution in [2.24, 2.45) is 0 Å². The van der Waals surface area contributed by atoms with Gasteiger partial charge in [0.1, 0.15) is 5.82 Å². The van der Waals surface area contributed by atoms with Crippen molar-refractivity contribution in [3.8, 4) is 0 Å². The summed E-state index contributed by atoms with van der Waals surface area (Å²) in [6.45, 7) is 0. The SMILES string of the molecule is OC(Cc1ccc(F)cc1Br)c1ccc(Cl)cc1Br. The third-order valence-corrected chi connectivity index (χ3v) is 4.41. The Bertz CT molecular complexity index is 604. The Balaban J connectivity index is 2.23. The van der Waals surface area contributed by atoms with Crippen LogP contribution in [-0.4, -0.2) is 5.11 Å². The van der Waals surface area contributed by atoms with Gasteiger partial charge in [-0.2, -0.15) is 0 Å². The van der Waals surface area contributed by atoms with Crippen LogP contribution in [0.5, 0.6) is 0 Å². The molecule has 5 heteroatoms. The summed E-state index contributed by atoms with van der Waals surface area (Å²) in [4.78, 5) is 0. The molecule has 1 nitrogen and oxygen atoms in total. The largest absolute Gasteiger partial charge is 0.388 e. The van der Waals surface area contributed by atoms with E-state index in [0.717, 1.165) is 15.6 Å². The summed E-state index contributed by atoms with van der Waals surface area (Å²) in [7, 11) is 0. The highest BCUT2D eigenvalue weighted by molar-refractivity contribution is 9.10. The van der Waals surface area contributed by atoms with Crippen LogP contribution in [0.1, 0.15) is 17.2 Å². The van der Waals surface area contributed by atoms with Crippen molar-refractivity contribution in [1.82, 2.24) is 0 Å². The lowest BCUT2D eigenvalue weighted by Crippen LogP contribution is -2.03. The van der Waals surface area contributed by atoms with Crippen molar-refractivity contribution in [2.75, 3.05) is 0 Å². The molecule has 0 spiro atoms. The molecule has 1 N–H and O–H groups in total. The van der Waals surface area contributed by atoms with Crippen LogP contribution in [0, 0.1) is 5.82 Å². The van der Waals surface area contributed by atoms with E-state index in [4.69, 9.17) is 11.6 Å². The van der Waals surface area contributed by atoms with Crippen LogP contribution in [0.15, 0.2) is 45.3 Å². The molecular weight excluding hydrogens is 398 g/mol. The third-order valence-electron chi connectivity index (χ3n) is 2.75. The molecule has 100 valence electrons. The summed E-state index contributed by atoms with van der Waals surface area (Å²) in [5, 5.41) is 10.9. The Kier molecular flexibility index (Phi) is 5.01. The van der Waals surface area contributed by atoms with Crippen molar-refractivity contribution >= 4 is 43.5 Å². The highest BCUT2D eigenvalue weighted by atomic mass is 79.9. The molecule has 0 radical (unpaired) electrons. The van der Waals surface area contributed by atoms with Crippen molar-refractivity contribution in [1.29, 1.82) is 0 Å². The lowest BCUT2D eigenvalue weighted by Gasteiger charge is -2.14. The van der Waals surface area contributed by atoms with Gasteiger partial charge in [0.25, 0.3) is 0 Å². The molecule has 0 aliphatic heterocycles. The van der Waals surface area contributed by atoms with Gasteiger partial charge in [0.2, 0.25) is 0 Å². The number of halogens is 4. The number of hydrogen-bond donors (Lipinski definition) is 1. The van der Waals surface area contributed by atoms with Crippen LogP contribution in [0.3, 0.4) is 0 Å². The first-order valence-corrected chi connectivity index (χ1v) is 7.50. The normalized spacial score (nSPS) is 12.5. The first kappa shape index (κ1) is 15.0. The molecule has 0 saturated heterocycles. The van der Waals surface area contributed by atoms with Crippen molar-refractivity contribution in [3.63, 3.8) is 0 Å². The minimum Gasteiger partial charge on any atom is -0.388 e. The fourth-order valence-corrected chi connectivity index (χ4v) is 3.24. The second kappa shape index (κ2) is 6.35. The first-order valence-electron chi connectivity index (χ1n) is 5.54. The van der Waals surface area contributed by atoms with Gasteiger partial charge >= 0.3 is 0 Å². The van der Waals surface area contributed by atoms with Gasteiger partial charge < -0.3 is 5.11 Å². The minimum atomic E-state index is -0.687. The Morgan fingerprint density at radius 2 is 1.84 bits per heavy atom. The predicted molar refractivity (Wildman–Crippen MR) is 81.9 cm³/mol. The van der Waals surface area contributed by atoms with Crippen molar-refractivity contribution < 1.29 is 9.50 Å². The standard InChI is InChI=1S/C14H10Br2ClFO/c15-12-7-10(18)3-1-8(12)5-14(19)11-4-2-9(17)6-13(11)16/h1-4,6-7,14,19H,5H2. The Hall–Kier alpha value is -0.420. The van der Waals surface area contributed by atoms with Crippen LogP contribution in [0.2, 0.25) is 5.02 Å². The molecule has 0 aromatic heterocycles. The summed E-state index contributed by atoms with van der Waals surface area (Å²) in [6, 6.07) is 9.66. The first-order chi connectivity index (χ1) is 8.97. The summed E-state index contributed by atoms with van der Waals surface area (Å²) in [5.41, 5.74) is 1.59. The molecule has 0 amide bonds. The second-order valence-electron chi connectivity index (χ2n) is 4.12. The van der Waals surface area contributed by atoms with Gasteiger partial charge in [0, 0.05) is 20.4 Å². The zero-order valence-corrected chi connectivity index (χ0v) is 13.6. The van der Waals surface area contributed by atoms with E-state index in [1.165, 1.54) is 12.1 Å². The van der Waals surface area contributed by atoms with Crippen molar-refractivity contribution in [2.45, 2.75) is 12.5 Å². The lowest BCUT2D eigenvalue weighted by molar-refractivity contribution is 0.177. The average molecular weight is 408 g/mol. The van der Waals surface area contributed by atoms with E-state index in [1.807, 2.05) is 0 Å². The van der Waals surface area contributed by atoms with E-state index in [1.54, 1.807) is 24.3 Å². The van der Waals surface area contributed by atoms with Crippen LogP contribution < -0.4 is 0 Å². The summed E-state index contributed by atoms with van der Waals surface area (Å²) in [6.07, 6.45) is -0.297. The molecule has 0 heterocycles. The molecule has 1 atom stereocenters. The van der Waals surface area contributed by atoms with Crippen LogP contribution in [-0.2, 0) is 6.42 Å². The summed E-state index contributed by atoms with van der Waals surface area (Å²) < 4.78 is 14.4. The molecule has 0 aliphatic carbocycles. The number of aliphatic hydroxyl groups is 1. The van der Waals surface area contributed by atoms with Gasteiger partial charge in [-0.1, -0.05) is 55.6 Å². The molecular formula is C14H10Br2ClFO. The van der Waals surface area contributed by atoms with Gasteiger partial charge in [0.05, 0.1) is 6.10 Å². The monoisotopic (exact) mass is 406 g/mol. The van der Waals surface area contributed by atoms with E-state index in [0.29, 0.717) is 15.9 Å². The van der Waals surface area contributed by atoms with Gasteiger partial charge in [-0.3, -0.25) is 0 Å². The maximum atomic E-state index is 13.0. The number of benzene rings is 2. The molecule has 19 heavy (non-hydrogen) atoms. The highest BCUT2D eigenvalue weighted by Crippen LogP contribution is 2.30. The topological polar surface area (TPSA) is 20.2 Å². The van der Waals surface area contributed by atoms with Gasteiger partial charge in [0.15, 0.2) is 0 Å². The molecule has 2 aromatic carbocycles. The van der Waals surface area contributed by atoms with Gasteiger partial charge in [-0.25, -0.2) is 4.39 Å². The molecule has 0 bridgehead atoms. The maximum absolute atomic E-state index is 13.0. The van der Waals surface area contributed by atoms with E-state index >= 15 is 0 Å². The number of rotatable bonds is 3. The predicted octanol–water partition coefficient (Wildman–Crippen LogP) is 5.28. The van der Waals surface area contributed by atoms with E-state index < -0.39 is 6.10 Å². The Labute approximate surface area is 132 Å². The van der Waals surface area contributed by atoms with E-state index in [9.17, 15) is 9.50 Å². The highest BCUT2D eigenvalue weighted by Gasteiger charge is 2.14. The fourth-order valence-electron chi connectivity index (χ4n) is 1.78. The minimum absolute atomic E-state index is 0.308. The van der Waals surface area contributed by atoms with Crippen LogP contribution >= 0.6 is 43.5 Å². The molecule has 2 rings (SSSR count). The maximum Gasteiger partial charge on any atom is 0.124 e. The van der Waals surface area contributed by atoms with Crippen LogP contribution in [0.25, 0.3) is 0 Å². The Morgan fingerprint density at radius 1 is 1.11 bits per heavy atom. The zero-order valence-electron chi connectivity index (χ0n) is 9.71. The summed E-state index contributed by atoms with van der Waals surface area (Å²) >= 11 is 12.5. The van der Waals surface area contributed by atoms with Crippen molar-refractivity contribution in [3.05, 3.63) is 67.3 Å². The molecule has 2 aromatic rings. The van der Waals surface area contributed by atoms with E-state index in [-0.39, 0.29) is 5.82 Å². The third kappa shape index (κ3) is 3.78. The average Bonchev–Trinajstić information content (AvgIpc) is 2.32. The van der Waals surface area contributed by atoms with E-state index in [2.05, 4.69) is 31.9 Å². The Morgan fingerprint density at radius 3 is 2.47 bits per heavy atom. The number of aliphatic hydroxyl groups excluding tert-OH is 1. The van der Waals surface area contributed by atoms with Crippen LogP contribution in [0.4, 0.5) is 4.39 Å². The molecule has 1 unspecified atom stereocenters. The molecule has 0 aliphatic rings. The number of hydrogen-bond acceptors (Lipinski definition) is 1. The smallest absolute Gasteiger partial charge is 0.124 e. The molecule has 0 saturated carbocycles. The second-order valence-corrected chi connectivity index (χ2v) is 6.27. The zero-order chi connectivity index (χ0) is 14.0. The van der Waals surface area contributed by atoms with Gasteiger partial charge in [-0.05, 0) is 35.4 Å². The summed E-state index contributed by atoms with van der Waals surface area (Å²) in [5.74, 6) is -0.308. The fraction of sp³-hybridized carbons (Fsp3) is 0.143. The van der Waals surface area contributed by atoms with Gasteiger partial charge in [-0.15, -0.1) is 0 Å². The lowest BCUT2D eigenvalue weighted by atomic mass is 10.0. The molecule has 0 fully saturated rings. The quantitative estimate of drug-likeness (QED) is 0.733.